The van der Waals surface area contributed by atoms with Crippen LogP contribution < -0.4 is 11.4 Å². The lowest BCUT2D eigenvalue weighted by Gasteiger charge is -2.60. The summed E-state index contributed by atoms with van der Waals surface area (Å²) in [5.74, 6) is 0.428. The Morgan fingerprint density at radius 2 is 1.84 bits per heavy atom. The Bertz CT molecular complexity index is 1390. The minimum atomic E-state index is -0.644. The lowest BCUT2D eigenvalue weighted by Crippen LogP contribution is -2.57. The maximum Gasteiger partial charge on any atom is 0.352 e. The number of para-hydroxylation sites is 1. The summed E-state index contributed by atoms with van der Waals surface area (Å²) in [6, 6.07) is 8.84. The second kappa shape index (κ2) is 9.58. The van der Waals surface area contributed by atoms with Gasteiger partial charge in [-0.25, -0.2) is 23.5 Å². The van der Waals surface area contributed by atoms with Gasteiger partial charge in [-0.2, -0.15) is 0 Å². The molecule has 2 aromatic rings. The van der Waals surface area contributed by atoms with Crippen molar-refractivity contribution in [2.24, 2.45) is 28.6 Å². The number of nitrogens with zero attached hydrogens (tertiary/aromatic N) is 3. The van der Waals surface area contributed by atoms with Gasteiger partial charge in [0.05, 0.1) is 30.8 Å². The molecule has 1 aliphatic heterocycles. The highest BCUT2D eigenvalue weighted by atomic mass is 16.5. The fourth-order valence-electron chi connectivity index (χ4n) is 7.90. The monoisotopic (exact) mass is 519 g/mol. The molecular weight excluding hydrogens is 478 g/mol. The quantitative estimate of drug-likeness (QED) is 0.384. The van der Waals surface area contributed by atoms with Gasteiger partial charge < -0.3 is 4.74 Å². The molecule has 7 nitrogen and oxygen atoms in total. The summed E-state index contributed by atoms with van der Waals surface area (Å²) in [4.78, 5) is 40.7. The van der Waals surface area contributed by atoms with Gasteiger partial charge in [0.1, 0.15) is 0 Å². The Morgan fingerprint density at radius 1 is 1.13 bits per heavy atom. The molecule has 0 radical (unpaired) electrons. The molecule has 0 unspecified atom stereocenters. The molecule has 5 atom stereocenters. The first kappa shape index (κ1) is 26.5. The number of methoxy groups -OCH3 is 1. The van der Waals surface area contributed by atoms with E-state index in [0.717, 1.165) is 32.1 Å². The molecule has 1 aromatic heterocycles. The number of esters is 1. The van der Waals surface area contributed by atoms with Crippen LogP contribution in [0, 0.1) is 28.6 Å². The smallest absolute Gasteiger partial charge is 0.352 e. The molecule has 2 fully saturated rings. The number of ether oxygens (including phenoxy) is 1. The molecule has 0 spiro atoms. The molecule has 204 valence electrons. The van der Waals surface area contributed by atoms with Crippen LogP contribution in [0.1, 0.15) is 72.3 Å². The first-order chi connectivity index (χ1) is 18.0. The standard InChI is InChI=1S/C31H41N3O4/c1-20(2)21(3)13-14-24-23-15-18-32-28(36)33(22-11-8-7-9-12-22)29(37)34(32)25(23)19-26-30(24,4)16-10-17-31(26,5)27(35)38-6/h7-9,11-12,15,20,24-26H,3,10,13-14,16-19H2,1-2,4-6H3/t24-,25+,26+,30+,31+/m0/s1. The summed E-state index contributed by atoms with van der Waals surface area (Å²) in [5.41, 5.74) is 1.63. The minimum Gasteiger partial charge on any atom is -0.469 e. The molecule has 5 rings (SSSR count). The molecule has 2 saturated carbocycles. The summed E-state index contributed by atoms with van der Waals surface area (Å²) in [7, 11) is 1.47. The van der Waals surface area contributed by atoms with Crippen LogP contribution in [-0.2, 0) is 16.1 Å². The second-order valence-corrected chi connectivity index (χ2v) is 12.3. The molecule has 1 aromatic carbocycles. The number of hydrogen-bond acceptors (Lipinski definition) is 4. The summed E-state index contributed by atoms with van der Waals surface area (Å²) in [5, 5.41) is 0. The van der Waals surface area contributed by atoms with Crippen molar-refractivity contribution in [3.05, 3.63) is 75.1 Å². The fourth-order valence-corrected chi connectivity index (χ4v) is 7.90. The van der Waals surface area contributed by atoms with Gasteiger partial charge in [0, 0.05) is 0 Å². The number of benzene rings is 1. The van der Waals surface area contributed by atoms with Crippen LogP contribution >= 0.6 is 0 Å². The zero-order valence-electron chi connectivity index (χ0n) is 23.4. The number of hydrogen-bond donors (Lipinski definition) is 0. The zero-order chi connectivity index (χ0) is 27.4. The van der Waals surface area contributed by atoms with Gasteiger partial charge in [-0.3, -0.25) is 4.79 Å². The van der Waals surface area contributed by atoms with Crippen LogP contribution in [0.15, 0.2) is 63.7 Å². The SMILES string of the molecule is C=C(CC[C@H]1C2=CCn3c(=O)n(-c4ccccc4)c(=O)n3[C@@H]2C[C@@H]2[C@]1(C)CCC[C@@]2(C)C(=O)OC)C(C)C. The Morgan fingerprint density at radius 3 is 2.50 bits per heavy atom. The van der Waals surface area contributed by atoms with E-state index in [9.17, 15) is 14.4 Å². The van der Waals surface area contributed by atoms with E-state index in [1.165, 1.54) is 22.8 Å². The third kappa shape index (κ3) is 3.88. The number of carbonyl (C=O) groups excluding carboxylic acids is 1. The van der Waals surface area contributed by atoms with Crippen molar-refractivity contribution in [2.75, 3.05) is 7.11 Å². The van der Waals surface area contributed by atoms with Crippen LogP contribution in [-0.4, -0.2) is 27.0 Å². The van der Waals surface area contributed by atoms with Crippen LogP contribution in [0.25, 0.3) is 5.69 Å². The van der Waals surface area contributed by atoms with Crippen molar-refractivity contribution in [2.45, 2.75) is 78.8 Å². The van der Waals surface area contributed by atoms with E-state index in [1.54, 1.807) is 21.5 Å². The Kier molecular flexibility index (Phi) is 6.69. The highest BCUT2D eigenvalue weighted by Crippen LogP contribution is 2.64. The highest BCUT2D eigenvalue weighted by Gasteiger charge is 2.60. The van der Waals surface area contributed by atoms with E-state index in [4.69, 9.17) is 4.74 Å². The molecule has 0 N–H and O–H groups in total. The van der Waals surface area contributed by atoms with Crippen LogP contribution in [0.4, 0.5) is 0 Å². The number of fused-ring (bicyclic) bond motifs is 4. The van der Waals surface area contributed by atoms with Gasteiger partial charge in [-0.05, 0) is 79.9 Å². The third-order valence-electron chi connectivity index (χ3n) is 10.1. The lowest BCUT2D eigenvalue weighted by molar-refractivity contribution is -0.169. The molecule has 38 heavy (non-hydrogen) atoms. The van der Waals surface area contributed by atoms with Gasteiger partial charge in [0.25, 0.3) is 0 Å². The van der Waals surface area contributed by atoms with Crippen LogP contribution in [0.3, 0.4) is 0 Å². The van der Waals surface area contributed by atoms with E-state index in [-0.39, 0.29) is 40.6 Å². The number of allylic oxidation sites excluding steroid dienone is 3. The van der Waals surface area contributed by atoms with Gasteiger partial charge in [-0.15, -0.1) is 0 Å². The van der Waals surface area contributed by atoms with Crippen molar-refractivity contribution in [1.82, 2.24) is 13.9 Å². The van der Waals surface area contributed by atoms with Crippen LogP contribution in [0.2, 0.25) is 0 Å². The number of rotatable bonds is 6. The zero-order valence-corrected chi connectivity index (χ0v) is 23.4. The van der Waals surface area contributed by atoms with Gasteiger partial charge in [0.2, 0.25) is 0 Å². The van der Waals surface area contributed by atoms with Gasteiger partial charge >= 0.3 is 17.3 Å². The first-order valence-corrected chi connectivity index (χ1v) is 14.0. The fraction of sp³-hybridized carbons (Fsp3) is 0.581. The summed E-state index contributed by atoms with van der Waals surface area (Å²) >= 11 is 0. The van der Waals surface area contributed by atoms with Crippen molar-refractivity contribution < 1.29 is 9.53 Å². The average Bonchev–Trinajstić information content (AvgIpc) is 3.16. The molecule has 0 amide bonds. The lowest BCUT2D eigenvalue weighted by atomic mass is 9.45. The Labute approximate surface area is 224 Å². The molecule has 0 bridgehead atoms. The maximum atomic E-state index is 13.9. The second-order valence-electron chi connectivity index (χ2n) is 12.3. The van der Waals surface area contributed by atoms with E-state index in [0.29, 0.717) is 24.6 Å². The Balaban J connectivity index is 1.66. The summed E-state index contributed by atoms with van der Waals surface area (Å²) in [6.07, 6.45) is 7.40. The largest absolute Gasteiger partial charge is 0.469 e. The molecule has 2 heterocycles. The van der Waals surface area contributed by atoms with Crippen molar-refractivity contribution in [1.29, 1.82) is 0 Å². The van der Waals surface area contributed by atoms with E-state index in [1.807, 2.05) is 25.1 Å². The Hall–Kier alpha value is -3.09. The summed E-state index contributed by atoms with van der Waals surface area (Å²) in [6.45, 7) is 13.5. The predicted molar refractivity (Wildman–Crippen MR) is 148 cm³/mol. The maximum absolute atomic E-state index is 13.9. The van der Waals surface area contributed by atoms with Crippen molar-refractivity contribution >= 4 is 5.97 Å². The van der Waals surface area contributed by atoms with Crippen LogP contribution in [0.5, 0.6) is 0 Å². The summed E-state index contributed by atoms with van der Waals surface area (Å²) < 4.78 is 9.90. The first-order valence-electron chi connectivity index (χ1n) is 14.0. The topological polar surface area (TPSA) is 75.2 Å². The molecule has 0 saturated heterocycles. The van der Waals surface area contributed by atoms with Crippen molar-refractivity contribution in [3.8, 4) is 5.69 Å². The molecule has 2 aliphatic carbocycles. The van der Waals surface area contributed by atoms with Crippen molar-refractivity contribution in [3.63, 3.8) is 0 Å². The average molecular weight is 520 g/mol. The normalized spacial score (nSPS) is 30.2. The predicted octanol–water partition coefficient (Wildman–Crippen LogP) is 5.28. The number of aromatic nitrogens is 3. The van der Waals surface area contributed by atoms with Gasteiger partial charge in [0.15, 0.2) is 0 Å². The highest BCUT2D eigenvalue weighted by molar-refractivity contribution is 5.77. The molecular formula is C31H41N3O4. The number of carbonyl (C=O) groups is 1. The van der Waals surface area contributed by atoms with E-state index >= 15 is 0 Å². The minimum absolute atomic E-state index is 0.0179. The molecule has 3 aliphatic rings. The van der Waals surface area contributed by atoms with E-state index in [2.05, 4.69) is 33.4 Å². The molecule has 7 heteroatoms. The van der Waals surface area contributed by atoms with Gasteiger partial charge in [-0.1, -0.05) is 63.6 Å². The third-order valence-corrected chi connectivity index (χ3v) is 10.1. The van der Waals surface area contributed by atoms with E-state index < -0.39 is 5.41 Å².